The predicted octanol–water partition coefficient (Wildman–Crippen LogP) is 4.35. The van der Waals surface area contributed by atoms with E-state index in [-0.39, 0.29) is 29.6 Å². The molecule has 7 heteroatoms. The van der Waals surface area contributed by atoms with Gasteiger partial charge in [-0.3, -0.25) is 10.1 Å². The Kier molecular flexibility index (Phi) is 4.74. The van der Waals surface area contributed by atoms with Crippen LogP contribution in [0.2, 0.25) is 0 Å². The summed E-state index contributed by atoms with van der Waals surface area (Å²) < 4.78 is 11.3. The van der Waals surface area contributed by atoms with Gasteiger partial charge in [-0.15, -0.1) is 10.2 Å². The fourth-order valence-corrected chi connectivity index (χ4v) is 2.46. The van der Waals surface area contributed by atoms with Crippen LogP contribution in [-0.2, 0) is 6.61 Å². The highest BCUT2D eigenvalue weighted by Gasteiger charge is 2.19. The molecule has 0 spiro atoms. The second-order valence-corrected chi connectivity index (χ2v) is 5.76. The summed E-state index contributed by atoms with van der Waals surface area (Å²) in [6, 6.07) is 14.0. The van der Waals surface area contributed by atoms with Gasteiger partial charge in [-0.05, 0) is 23.6 Å². The highest BCUT2D eigenvalue weighted by molar-refractivity contribution is 5.66. The molecule has 7 nitrogen and oxygen atoms in total. The van der Waals surface area contributed by atoms with Crippen LogP contribution in [-0.4, -0.2) is 15.1 Å². The minimum absolute atomic E-state index is 0.0798. The third kappa shape index (κ3) is 3.65. The maximum atomic E-state index is 11.1. The van der Waals surface area contributed by atoms with Crippen molar-refractivity contribution in [2.75, 3.05) is 0 Å². The molecule has 0 aliphatic carbocycles. The van der Waals surface area contributed by atoms with Gasteiger partial charge in [0.2, 0.25) is 0 Å². The summed E-state index contributed by atoms with van der Waals surface area (Å²) in [5, 5.41) is 18.9. The highest BCUT2D eigenvalue weighted by Crippen LogP contribution is 2.29. The van der Waals surface area contributed by atoms with Gasteiger partial charge in [-0.1, -0.05) is 44.2 Å². The summed E-state index contributed by atoms with van der Waals surface area (Å²) in [5.74, 6) is 1.43. The first-order valence-electron chi connectivity index (χ1n) is 7.84. The Morgan fingerprint density at radius 2 is 1.84 bits per heavy atom. The summed E-state index contributed by atoms with van der Waals surface area (Å²) in [5.41, 5.74) is 1.29. The molecule has 2 aromatic carbocycles. The van der Waals surface area contributed by atoms with Gasteiger partial charge < -0.3 is 9.15 Å². The Hall–Kier alpha value is -3.22. The largest absolute Gasteiger partial charge is 0.484 e. The van der Waals surface area contributed by atoms with Crippen molar-refractivity contribution in [3.63, 3.8) is 0 Å². The number of nitro benzene ring substituents is 1. The van der Waals surface area contributed by atoms with Crippen molar-refractivity contribution in [2.24, 2.45) is 0 Å². The Balaban J connectivity index is 1.79. The van der Waals surface area contributed by atoms with E-state index in [9.17, 15) is 10.1 Å². The fourth-order valence-electron chi connectivity index (χ4n) is 2.46. The summed E-state index contributed by atoms with van der Waals surface area (Å²) in [4.78, 5) is 10.6. The van der Waals surface area contributed by atoms with Crippen molar-refractivity contribution in [3.05, 3.63) is 70.1 Å². The van der Waals surface area contributed by atoms with E-state index in [4.69, 9.17) is 9.15 Å². The van der Waals surface area contributed by atoms with Gasteiger partial charge in [0, 0.05) is 6.07 Å². The molecule has 0 saturated heterocycles. The zero-order valence-electron chi connectivity index (χ0n) is 13.9. The van der Waals surface area contributed by atoms with Crippen molar-refractivity contribution < 1.29 is 14.1 Å². The first-order chi connectivity index (χ1) is 12.1. The van der Waals surface area contributed by atoms with Gasteiger partial charge in [0.25, 0.3) is 17.5 Å². The van der Waals surface area contributed by atoms with E-state index in [1.807, 2.05) is 24.3 Å². The van der Waals surface area contributed by atoms with Crippen molar-refractivity contribution in [2.45, 2.75) is 26.4 Å². The molecule has 25 heavy (non-hydrogen) atoms. The van der Waals surface area contributed by atoms with Crippen LogP contribution in [0.1, 0.15) is 31.2 Å². The smallest absolute Gasteiger partial charge is 0.282 e. The monoisotopic (exact) mass is 339 g/mol. The third-order valence-corrected chi connectivity index (χ3v) is 3.69. The van der Waals surface area contributed by atoms with Crippen LogP contribution in [0.25, 0.3) is 11.5 Å². The molecule has 1 aromatic heterocycles. The van der Waals surface area contributed by atoms with Crippen LogP contribution in [0.5, 0.6) is 5.75 Å². The summed E-state index contributed by atoms with van der Waals surface area (Å²) >= 11 is 0. The number of hydrogen-bond donors (Lipinski definition) is 0. The van der Waals surface area contributed by atoms with Crippen LogP contribution >= 0.6 is 0 Å². The van der Waals surface area contributed by atoms with Crippen LogP contribution in [0.4, 0.5) is 5.69 Å². The molecule has 0 saturated carbocycles. The van der Waals surface area contributed by atoms with E-state index < -0.39 is 4.92 Å². The molecular weight excluding hydrogens is 322 g/mol. The number of hydrogen-bond acceptors (Lipinski definition) is 6. The lowest BCUT2D eigenvalue weighted by Crippen LogP contribution is -2.00. The average Bonchev–Trinajstić information content (AvgIpc) is 3.09. The van der Waals surface area contributed by atoms with Gasteiger partial charge in [0.05, 0.1) is 4.92 Å². The van der Waals surface area contributed by atoms with Gasteiger partial charge in [-0.2, -0.15) is 0 Å². The van der Waals surface area contributed by atoms with Crippen molar-refractivity contribution >= 4 is 5.69 Å². The van der Waals surface area contributed by atoms with Gasteiger partial charge in [0.15, 0.2) is 6.61 Å². The second kappa shape index (κ2) is 7.12. The SMILES string of the molecule is CC(C)c1ccccc1OCc1nnc(-c2ccccc2[N+](=O)[O-])o1. The average molecular weight is 339 g/mol. The molecule has 0 radical (unpaired) electrons. The van der Waals surface area contributed by atoms with Crippen molar-refractivity contribution in [1.29, 1.82) is 0 Å². The summed E-state index contributed by atoms with van der Waals surface area (Å²) in [7, 11) is 0. The van der Waals surface area contributed by atoms with Crippen LogP contribution in [0.15, 0.2) is 52.9 Å². The van der Waals surface area contributed by atoms with Crippen LogP contribution < -0.4 is 4.74 Å². The number of rotatable bonds is 6. The number of para-hydroxylation sites is 2. The molecule has 0 fully saturated rings. The fraction of sp³-hybridized carbons (Fsp3) is 0.222. The van der Waals surface area contributed by atoms with E-state index in [1.165, 1.54) is 6.07 Å². The first kappa shape index (κ1) is 16.6. The second-order valence-electron chi connectivity index (χ2n) is 5.76. The van der Waals surface area contributed by atoms with E-state index >= 15 is 0 Å². The Morgan fingerprint density at radius 3 is 2.60 bits per heavy atom. The first-order valence-corrected chi connectivity index (χ1v) is 7.84. The lowest BCUT2D eigenvalue weighted by molar-refractivity contribution is -0.384. The Morgan fingerprint density at radius 1 is 1.12 bits per heavy atom. The predicted molar refractivity (Wildman–Crippen MR) is 91.3 cm³/mol. The molecule has 0 unspecified atom stereocenters. The molecule has 0 N–H and O–H groups in total. The zero-order chi connectivity index (χ0) is 17.8. The molecule has 0 aliphatic heterocycles. The molecule has 0 amide bonds. The van der Waals surface area contributed by atoms with Gasteiger partial charge in [-0.25, -0.2) is 0 Å². The molecule has 1 heterocycles. The maximum absolute atomic E-state index is 11.1. The van der Waals surface area contributed by atoms with Gasteiger partial charge in [0.1, 0.15) is 11.3 Å². The molecule has 128 valence electrons. The Bertz CT molecular complexity index is 889. The minimum Gasteiger partial charge on any atom is -0.484 e. The van der Waals surface area contributed by atoms with Crippen LogP contribution in [0, 0.1) is 10.1 Å². The molecule has 3 aromatic rings. The van der Waals surface area contributed by atoms with Crippen LogP contribution in [0.3, 0.4) is 0 Å². The lowest BCUT2D eigenvalue weighted by Gasteiger charge is -2.12. The highest BCUT2D eigenvalue weighted by atomic mass is 16.6. The number of ether oxygens (including phenoxy) is 1. The topological polar surface area (TPSA) is 91.3 Å². The lowest BCUT2D eigenvalue weighted by atomic mass is 10.0. The number of benzene rings is 2. The van der Waals surface area contributed by atoms with Crippen molar-refractivity contribution in [3.8, 4) is 17.2 Å². The maximum Gasteiger partial charge on any atom is 0.282 e. The molecule has 0 atom stereocenters. The minimum atomic E-state index is -0.478. The molecule has 0 bridgehead atoms. The molecule has 3 rings (SSSR count). The van der Waals surface area contributed by atoms with Gasteiger partial charge >= 0.3 is 0 Å². The quantitative estimate of drug-likeness (QED) is 0.490. The van der Waals surface area contributed by atoms with E-state index in [0.29, 0.717) is 5.92 Å². The summed E-state index contributed by atoms with van der Waals surface area (Å²) in [6.45, 7) is 4.26. The van der Waals surface area contributed by atoms with E-state index in [2.05, 4.69) is 24.0 Å². The zero-order valence-corrected chi connectivity index (χ0v) is 13.9. The number of nitrogens with zero attached hydrogens (tertiary/aromatic N) is 3. The standard InChI is InChI=1S/C18H17N3O4/c1-12(2)13-7-4-6-10-16(13)24-11-17-19-20-18(25-17)14-8-3-5-9-15(14)21(22)23/h3-10,12H,11H2,1-2H3. The molecular formula is C18H17N3O4. The number of aromatic nitrogens is 2. The Labute approximate surface area is 144 Å². The number of nitro groups is 1. The van der Waals surface area contributed by atoms with Crippen molar-refractivity contribution in [1.82, 2.24) is 10.2 Å². The summed E-state index contributed by atoms with van der Waals surface area (Å²) in [6.07, 6.45) is 0. The van der Waals surface area contributed by atoms with E-state index in [1.54, 1.807) is 18.2 Å². The third-order valence-electron chi connectivity index (χ3n) is 3.69. The van der Waals surface area contributed by atoms with E-state index in [0.717, 1.165) is 11.3 Å². The normalized spacial score (nSPS) is 10.8. The molecule has 0 aliphatic rings.